The number of rotatable bonds is 3. The molecule has 1 aromatic carbocycles. The van der Waals surface area contributed by atoms with Crippen molar-refractivity contribution >= 4 is 17.9 Å². The lowest BCUT2D eigenvalue weighted by Gasteiger charge is -1.96. The van der Waals surface area contributed by atoms with Crippen molar-refractivity contribution in [2.75, 3.05) is 5.73 Å². The second-order valence-electron chi connectivity index (χ2n) is 3.29. The molecule has 0 saturated carbocycles. The summed E-state index contributed by atoms with van der Waals surface area (Å²) in [7, 11) is 0. The number of nitrogens with one attached hydrogen (secondary N) is 1. The van der Waals surface area contributed by atoms with Gasteiger partial charge in [-0.25, -0.2) is 10.1 Å². The van der Waals surface area contributed by atoms with Gasteiger partial charge in [-0.15, -0.1) is 0 Å². The minimum Gasteiger partial charge on any atom is -0.508 e. The van der Waals surface area contributed by atoms with Gasteiger partial charge in [0.15, 0.2) is 0 Å². The number of aromatic nitrogens is 2. The Morgan fingerprint density at radius 3 is 3.00 bits per heavy atom. The van der Waals surface area contributed by atoms with Crippen LogP contribution < -0.4 is 11.2 Å². The van der Waals surface area contributed by atoms with E-state index in [4.69, 9.17) is 5.73 Å². The molecule has 1 aromatic heterocycles. The summed E-state index contributed by atoms with van der Waals surface area (Å²) in [6.07, 6.45) is 1.36. The van der Waals surface area contributed by atoms with Crippen LogP contribution in [0.2, 0.25) is 0 Å². The number of phenols is 1. The van der Waals surface area contributed by atoms with Crippen LogP contribution in [0.15, 0.2) is 34.0 Å². The summed E-state index contributed by atoms with van der Waals surface area (Å²) in [5, 5.41) is 19.5. The molecule has 0 aliphatic heterocycles. The highest BCUT2D eigenvalue weighted by Gasteiger charge is 2.14. The SMILES string of the molecule is Nc1nonc1C(=O)NN=Cc1cccc(O)c1. The van der Waals surface area contributed by atoms with Crippen LogP contribution in [-0.2, 0) is 0 Å². The number of carbonyl (C=O) groups is 1. The normalized spacial score (nSPS) is 10.7. The Hall–Kier alpha value is -2.90. The fourth-order valence-corrected chi connectivity index (χ4v) is 1.18. The lowest BCUT2D eigenvalue weighted by atomic mass is 10.2. The number of anilines is 1. The van der Waals surface area contributed by atoms with Gasteiger partial charge in [-0.3, -0.25) is 4.79 Å². The molecule has 0 saturated heterocycles. The van der Waals surface area contributed by atoms with Gasteiger partial charge in [0.25, 0.3) is 5.91 Å². The van der Waals surface area contributed by atoms with E-state index < -0.39 is 5.91 Å². The first-order valence-corrected chi connectivity index (χ1v) is 4.87. The van der Waals surface area contributed by atoms with Crippen molar-refractivity contribution in [2.45, 2.75) is 0 Å². The smallest absolute Gasteiger partial charge is 0.297 e. The molecular formula is C10H9N5O3. The third kappa shape index (κ3) is 2.61. The van der Waals surface area contributed by atoms with Crippen molar-refractivity contribution in [2.24, 2.45) is 5.10 Å². The van der Waals surface area contributed by atoms with Crippen LogP contribution in [0.4, 0.5) is 5.82 Å². The minimum atomic E-state index is -0.634. The van der Waals surface area contributed by atoms with Crippen molar-refractivity contribution in [3.63, 3.8) is 0 Å². The molecule has 1 amide bonds. The number of hydrogen-bond donors (Lipinski definition) is 3. The van der Waals surface area contributed by atoms with E-state index in [-0.39, 0.29) is 17.3 Å². The molecule has 0 atom stereocenters. The fourth-order valence-electron chi connectivity index (χ4n) is 1.18. The predicted molar refractivity (Wildman–Crippen MR) is 61.9 cm³/mol. The van der Waals surface area contributed by atoms with E-state index in [1.807, 2.05) is 0 Å². The molecule has 0 aliphatic carbocycles. The molecule has 8 nitrogen and oxygen atoms in total. The first-order chi connectivity index (χ1) is 8.66. The number of carbonyl (C=O) groups excluding carboxylic acids is 1. The molecule has 0 spiro atoms. The van der Waals surface area contributed by atoms with E-state index in [1.165, 1.54) is 18.3 Å². The largest absolute Gasteiger partial charge is 0.508 e. The number of amides is 1. The second-order valence-corrected chi connectivity index (χ2v) is 3.29. The minimum absolute atomic E-state index is 0.107. The Kier molecular flexibility index (Phi) is 3.19. The van der Waals surface area contributed by atoms with Crippen molar-refractivity contribution in [3.8, 4) is 5.75 Å². The third-order valence-electron chi connectivity index (χ3n) is 1.98. The second kappa shape index (κ2) is 4.95. The maximum Gasteiger partial charge on any atom is 0.297 e. The molecule has 0 unspecified atom stereocenters. The summed E-state index contributed by atoms with van der Waals surface area (Å²) >= 11 is 0. The molecular weight excluding hydrogens is 238 g/mol. The zero-order chi connectivity index (χ0) is 13.0. The molecule has 92 valence electrons. The van der Waals surface area contributed by atoms with Gasteiger partial charge in [-0.05, 0) is 28.0 Å². The lowest BCUT2D eigenvalue weighted by Crippen LogP contribution is -2.19. The maximum absolute atomic E-state index is 11.5. The summed E-state index contributed by atoms with van der Waals surface area (Å²) in [5.41, 5.74) is 8.02. The molecule has 8 heteroatoms. The highest BCUT2D eigenvalue weighted by molar-refractivity contribution is 5.96. The van der Waals surface area contributed by atoms with Crippen molar-refractivity contribution in [1.29, 1.82) is 0 Å². The Morgan fingerprint density at radius 2 is 2.33 bits per heavy atom. The van der Waals surface area contributed by atoms with Gasteiger partial charge < -0.3 is 10.8 Å². The molecule has 0 fully saturated rings. The van der Waals surface area contributed by atoms with Gasteiger partial charge in [0.2, 0.25) is 11.5 Å². The standard InChI is InChI=1S/C10H9N5O3/c11-9-8(14-18-15-9)10(17)13-12-5-6-2-1-3-7(16)4-6/h1-5,16H,(H2,11,15)(H,13,17). The van der Waals surface area contributed by atoms with Crippen LogP contribution in [0.25, 0.3) is 0 Å². The van der Waals surface area contributed by atoms with E-state index in [0.29, 0.717) is 5.56 Å². The van der Waals surface area contributed by atoms with Crippen LogP contribution >= 0.6 is 0 Å². The molecule has 2 aromatic rings. The number of benzene rings is 1. The topological polar surface area (TPSA) is 127 Å². The average molecular weight is 247 g/mol. The number of nitrogen functional groups attached to an aromatic ring is 1. The van der Waals surface area contributed by atoms with Gasteiger partial charge in [0.1, 0.15) is 5.75 Å². The summed E-state index contributed by atoms with van der Waals surface area (Å²) in [4.78, 5) is 11.5. The van der Waals surface area contributed by atoms with Crippen LogP contribution in [0, 0.1) is 0 Å². The molecule has 4 N–H and O–H groups in total. The Balaban J connectivity index is 2.00. The van der Waals surface area contributed by atoms with Crippen LogP contribution in [0.1, 0.15) is 16.1 Å². The highest BCUT2D eigenvalue weighted by atomic mass is 16.6. The summed E-state index contributed by atoms with van der Waals surface area (Å²) in [5.74, 6) is -0.638. The number of nitrogens with zero attached hydrogens (tertiary/aromatic N) is 3. The lowest BCUT2D eigenvalue weighted by molar-refractivity contribution is 0.0946. The molecule has 0 bridgehead atoms. The number of aromatic hydroxyl groups is 1. The summed E-state index contributed by atoms with van der Waals surface area (Å²) < 4.78 is 4.28. The van der Waals surface area contributed by atoms with Gasteiger partial charge in [-0.2, -0.15) is 5.10 Å². The van der Waals surface area contributed by atoms with E-state index in [9.17, 15) is 9.90 Å². The van der Waals surface area contributed by atoms with Gasteiger partial charge in [-0.1, -0.05) is 12.1 Å². The summed E-state index contributed by atoms with van der Waals surface area (Å²) in [6.45, 7) is 0. The Morgan fingerprint density at radius 1 is 1.50 bits per heavy atom. The molecule has 0 radical (unpaired) electrons. The summed E-state index contributed by atoms with van der Waals surface area (Å²) in [6, 6.07) is 6.37. The molecule has 2 rings (SSSR count). The fraction of sp³-hybridized carbons (Fsp3) is 0. The molecule has 0 aliphatic rings. The van der Waals surface area contributed by atoms with Gasteiger partial charge in [0.05, 0.1) is 6.21 Å². The number of hydrogen-bond acceptors (Lipinski definition) is 7. The zero-order valence-corrected chi connectivity index (χ0v) is 9.07. The predicted octanol–water partition coefficient (Wildman–Crippen LogP) is 0.121. The van der Waals surface area contributed by atoms with Crippen molar-refractivity contribution < 1.29 is 14.5 Å². The van der Waals surface area contributed by atoms with E-state index in [1.54, 1.807) is 12.1 Å². The molecule has 18 heavy (non-hydrogen) atoms. The van der Waals surface area contributed by atoms with E-state index >= 15 is 0 Å². The number of hydrazone groups is 1. The third-order valence-corrected chi connectivity index (χ3v) is 1.98. The maximum atomic E-state index is 11.5. The monoisotopic (exact) mass is 247 g/mol. The highest BCUT2D eigenvalue weighted by Crippen LogP contribution is 2.08. The molecule has 1 heterocycles. The quantitative estimate of drug-likeness (QED) is 0.522. The van der Waals surface area contributed by atoms with E-state index in [2.05, 4.69) is 25.5 Å². The Bertz CT molecular complexity index is 593. The average Bonchev–Trinajstić information content (AvgIpc) is 2.75. The number of phenolic OH excluding ortho intramolecular Hbond substituents is 1. The first-order valence-electron chi connectivity index (χ1n) is 4.87. The van der Waals surface area contributed by atoms with Crippen molar-refractivity contribution in [1.82, 2.24) is 15.7 Å². The van der Waals surface area contributed by atoms with Crippen LogP contribution in [0.5, 0.6) is 5.75 Å². The van der Waals surface area contributed by atoms with E-state index in [0.717, 1.165) is 0 Å². The Labute approximate surface area is 101 Å². The number of nitrogens with two attached hydrogens (primary N) is 1. The zero-order valence-electron chi connectivity index (χ0n) is 9.07. The van der Waals surface area contributed by atoms with Gasteiger partial charge >= 0.3 is 0 Å². The van der Waals surface area contributed by atoms with Crippen molar-refractivity contribution in [3.05, 3.63) is 35.5 Å². The van der Waals surface area contributed by atoms with Gasteiger partial charge in [0, 0.05) is 0 Å². The van der Waals surface area contributed by atoms with Crippen LogP contribution in [0.3, 0.4) is 0 Å². The first kappa shape index (κ1) is 11.6. The van der Waals surface area contributed by atoms with Crippen LogP contribution in [-0.4, -0.2) is 27.5 Å².